The first-order valence-corrected chi connectivity index (χ1v) is 11.8. The second-order valence-corrected chi connectivity index (χ2v) is 9.18. The number of nitrogens with zero attached hydrogens (tertiary/aromatic N) is 3. The number of aromatic nitrogens is 3. The second-order valence-electron chi connectivity index (χ2n) is 7.80. The van der Waals surface area contributed by atoms with E-state index in [4.69, 9.17) is 11.6 Å². The quantitative estimate of drug-likeness (QED) is 0.201. The van der Waals surface area contributed by atoms with Crippen molar-refractivity contribution >= 4 is 34.4 Å². The molecule has 2 aromatic heterocycles. The Morgan fingerprint density at radius 2 is 1.66 bits per heavy atom. The number of aryl methyl sites for hydroxylation is 2. The third-order valence-electron chi connectivity index (χ3n) is 5.69. The molecule has 2 heterocycles. The normalized spacial score (nSPS) is 11.2. The summed E-state index contributed by atoms with van der Waals surface area (Å²) in [4.78, 5) is 9.37. The largest absolute Gasteiger partial charge is 0.301 e. The molecule has 32 heavy (non-hydrogen) atoms. The molecule has 5 heteroatoms. The minimum absolute atomic E-state index is 0.744. The number of hydrogen-bond acceptors (Lipinski definition) is 3. The van der Waals surface area contributed by atoms with E-state index in [0.717, 1.165) is 49.2 Å². The Balaban J connectivity index is 1.67. The Morgan fingerprint density at radius 3 is 2.44 bits per heavy atom. The van der Waals surface area contributed by atoms with Crippen molar-refractivity contribution in [3.8, 4) is 16.8 Å². The molecule has 0 saturated carbocycles. The highest BCUT2D eigenvalue weighted by molar-refractivity contribution is 7.98. The van der Waals surface area contributed by atoms with Crippen LogP contribution < -0.4 is 0 Å². The maximum Gasteiger partial charge on any atom is 0.149 e. The fraction of sp³-hybridized carbons (Fsp3) is 0.111. The molecule has 0 unspecified atom stereocenters. The molecular weight excluding hydrogens is 434 g/mol. The molecular formula is C27H22ClN3S. The summed E-state index contributed by atoms with van der Waals surface area (Å²) in [6, 6.07) is 25.0. The van der Waals surface area contributed by atoms with Crippen LogP contribution in [-0.4, -0.2) is 14.5 Å². The smallest absolute Gasteiger partial charge is 0.149 e. The van der Waals surface area contributed by atoms with E-state index < -0.39 is 0 Å². The van der Waals surface area contributed by atoms with E-state index in [9.17, 15) is 0 Å². The van der Waals surface area contributed by atoms with Gasteiger partial charge in [0.25, 0.3) is 0 Å². The lowest BCUT2D eigenvalue weighted by Gasteiger charge is -2.08. The Bertz CT molecular complexity index is 1410. The van der Waals surface area contributed by atoms with Gasteiger partial charge in [0, 0.05) is 28.2 Å². The predicted octanol–water partition coefficient (Wildman–Crippen LogP) is 7.65. The lowest BCUT2D eigenvalue weighted by atomic mass is 10.1. The summed E-state index contributed by atoms with van der Waals surface area (Å²) in [5.74, 6) is 0.856. The molecule has 0 fully saturated rings. The molecule has 0 aliphatic heterocycles. The topological polar surface area (TPSA) is 30.7 Å². The van der Waals surface area contributed by atoms with Gasteiger partial charge in [-0.25, -0.2) is 9.97 Å². The molecule has 5 aromatic rings. The van der Waals surface area contributed by atoms with E-state index in [1.165, 1.54) is 11.1 Å². The van der Waals surface area contributed by atoms with Gasteiger partial charge in [-0.05, 0) is 48.2 Å². The predicted molar refractivity (Wildman–Crippen MR) is 135 cm³/mol. The maximum atomic E-state index is 6.45. The van der Waals surface area contributed by atoms with Crippen LogP contribution in [0, 0.1) is 13.8 Å². The average molecular weight is 456 g/mol. The van der Waals surface area contributed by atoms with Crippen LogP contribution in [-0.2, 0) is 5.75 Å². The molecule has 0 spiro atoms. The van der Waals surface area contributed by atoms with Gasteiger partial charge in [-0.1, -0.05) is 72.3 Å². The maximum absolute atomic E-state index is 6.45. The van der Waals surface area contributed by atoms with Crippen LogP contribution in [0.4, 0.5) is 0 Å². The van der Waals surface area contributed by atoms with E-state index in [0.29, 0.717) is 0 Å². The van der Waals surface area contributed by atoms with Crippen molar-refractivity contribution < 1.29 is 0 Å². The van der Waals surface area contributed by atoms with Crippen LogP contribution in [0.2, 0.25) is 5.02 Å². The highest BCUT2D eigenvalue weighted by Gasteiger charge is 2.18. The summed E-state index contributed by atoms with van der Waals surface area (Å²) in [7, 11) is 0. The van der Waals surface area contributed by atoms with Gasteiger partial charge in [0.2, 0.25) is 0 Å². The molecule has 3 aromatic carbocycles. The molecule has 0 atom stereocenters. The standard InChI is InChI=1S/C27H22ClN3S/c1-18-8-6-7-11-21(18)16-32-27-25-23(20-9-4-3-5-10-20)15-31(26(25)29-17-30-27)22-13-12-19(2)24(28)14-22/h3-15,17H,16H2,1-2H3. The Morgan fingerprint density at radius 1 is 0.875 bits per heavy atom. The Labute approximate surface area is 197 Å². The summed E-state index contributed by atoms with van der Waals surface area (Å²) in [5.41, 5.74) is 7.79. The highest BCUT2D eigenvalue weighted by Crippen LogP contribution is 2.38. The first-order chi connectivity index (χ1) is 15.6. The lowest BCUT2D eigenvalue weighted by Crippen LogP contribution is -1.95. The monoisotopic (exact) mass is 455 g/mol. The zero-order valence-electron chi connectivity index (χ0n) is 17.9. The molecule has 0 amide bonds. The third-order valence-corrected chi connectivity index (χ3v) is 7.14. The van der Waals surface area contributed by atoms with Crippen molar-refractivity contribution in [1.82, 2.24) is 14.5 Å². The number of hydrogen-bond donors (Lipinski definition) is 0. The molecule has 0 saturated heterocycles. The van der Waals surface area contributed by atoms with Gasteiger partial charge in [-0.3, -0.25) is 0 Å². The molecule has 0 radical (unpaired) electrons. The molecule has 0 bridgehead atoms. The first-order valence-electron chi connectivity index (χ1n) is 10.5. The van der Waals surface area contributed by atoms with Crippen LogP contribution >= 0.6 is 23.4 Å². The fourth-order valence-electron chi connectivity index (χ4n) is 3.83. The summed E-state index contributed by atoms with van der Waals surface area (Å²) < 4.78 is 2.11. The lowest BCUT2D eigenvalue weighted by molar-refractivity contribution is 1.04. The van der Waals surface area contributed by atoms with Crippen LogP contribution in [0.15, 0.2) is 90.3 Å². The van der Waals surface area contributed by atoms with Crippen LogP contribution in [0.5, 0.6) is 0 Å². The summed E-state index contributed by atoms with van der Waals surface area (Å²) in [5, 5.41) is 2.79. The zero-order valence-corrected chi connectivity index (χ0v) is 19.5. The second kappa shape index (κ2) is 8.81. The van der Waals surface area contributed by atoms with Crippen molar-refractivity contribution in [1.29, 1.82) is 0 Å². The van der Waals surface area contributed by atoms with E-state index in [1.807, 2.05) is 25.1 Å². The Hall–Kier alpha value is -3.08. The van der Waals surface area contributed by atoms with E-state index in [2.05, 4.69) is 82.3 Å². The van der Waals surface area contributed by atoms with Crippen molar-refractivity contribution in [3.63, 3.8) is 0 Å². The SMILES string of the molecule is Cc1ccc(-n2cc(-c3ccccc3)c3c(SCc4ccccc4C)ncnc32)cc1Cl. The summed E-state index contributed by atoms with van der Waals surface area (Å²) in [6.45, 7) is 4.16. The number of fused-ring (bicyclic) bond motifs is 1. The summed E-state index contributed by atoms with van der Waals surface area (Å²) >= 11 is 8.20. The molecule has 158 valence electrons. The van der Waals surface area contributed by atoms with Gasteiger partial charge in [0.05, 0.1) is 5.39 Å². The zero-order chi connectivity index (χ0) is 22.1. The molecule has 0 N–H and O–H groups in total. The third kappa shape index (κ3) is 3.92. The van der Waals surface area contributed by atoms with Gasteiger partial charge in [-0.15, -0.1) is 11.8 Å². The molecule has 5 rings (SSSR count). The van der Waals surface area contributed by atoms with Gasteiger partial charge < -0.3 is 4.57 Å². The first kappa shape index (κ1) is 20.8. The number of rotatable bonds is 5. The average Bonchev–Trinajstić information content (AvgIpc) is 3.21. The van der Waals surface area contributed by atoms with Crippen LogP contribution in [0.25, 0.3) is 27.8 Å². The van der Waals surface area contributed by atoms with E-state index >= 15 is 0 Å². The fourth-order valence-corrected chi connectivity index (χ4v) is 5.08. The van der Waals surface area contributed by atoms with Gasteiger partial charge in [0.1, 0.15) is 17.0 Å². The van der Waals surface area contributed by atoms with Crippen molar-refractivity contribution in [2.75, 3.05) is 0 Å². The van der Waals surface area contributed by atoms with Crippen molar-refractivity contribution in [2.24, 2.45) is 0 Å². The minimum Gasteiger partial charge on any atom is -0.301 e. The van der Waals surface area contributed by atoms with E-state index in [1.54, 1.807) is 18.1 Å². The van der Waals surface area contributed by atoms with Crippen LogP contribution in [0.1, 0.15) is 16.7 Å². The van der Waals surface area contributed by atoms with Crippen LogP contribution in [0.3, 0.4) is 0 Å². The minimum atomic E-state index is 0.744. The van der Waals surface area contributed by atoms with Gasteiger partial charge in [0.15, 0.2) is 0 Å². The Kier molecular flexibility index (Phi) is 5.73. The number of benzene rings is 3. The molecule has 0 aliphatic carbocycles. The van der Waals surface area contributed by atoms with Gasteiger partial charge >= 0.3 is 0 Å². The van der Waals surface area contributed by atoms with Gasteiger partial charge in [-0.2, -0.15) is 0 Å². The number of halogens is 1. The van der Waals surface area contributed by atoms with E-state index in [-0.39, 0.29) is 0 Å². The van der Waals surface area contributed by atoms with Crippen molar-refractivity contribution in [2.45, 2.75) is 24.6 Å². The molecule has 3 nitrogen and oxygen atoms in total. The van der Waals surface area contributed by atoms with Crippen molar-refractivity contribution in [3.05, 3.63) is 107 Å². The molecule has 0 aliphatic rings. The number of thioether (sulfide) groups is 1. The highest BCUT2D eigenvalue weighted by atomic mass is 35.5. The summed E-state index contributed by atoms with van der Waals surface area (Å²) in [6.07, 6.45) is 3.80.